The highest BCUT2D eigenvalue weighted by molar-refractivity contribution is 9.10. The van der Waals surface area contributed by atoms with Crippen LogP contribution >= 0.6 is 15.9 Å². The highest BCUT2D eigenvalue weighted by atomic mass is 79.9. The van der Waals surface area contributed by atoms with Crippen molar-refractivity contribution in [2.75, 3.05) is 20.2 Å². The van der Waals surface area contributed by atoms with Gasteiger partial charge < -0.3 is 9.64 Å². The molecule has 1 aliphatic rings. The van der Waals surface area contributed by atoms with Gasteiger partial charge in [0.1, 0.15) is 12.3 Å². The van der Waals surface area contributed by atoms with Crippen LogP contribution in [-0.2, 0) is 13.0 Å². The molecule has 0 saturated carbocycles. The molecule has 3 heteroatoms. The lowest BCUT2D eigenvalue weighted by Crippen LogP contribution is -3.11. The van der Waals surface area contributed by atoms with Crippen molar-refractivity contribution < 1.29 is 9.64 Å². The number of rotatable bonds is 5. The Morgan fingerprint density at radius 3 is 2.52 bits per heavy atom. The fourth-order valence-electron chi connectivity index (χ4n) is 3.57. The largest absolute Gasteiger partial charge is 0.496 e. The van der Waals surface area contributed by atoms with Crippen molar-refractivity contribution in [3.63, 3.8) is 0 Å². The summed E-state index contributed by atoms with van der Waals surface area (Å²) in [7, 11) is 1.76. The summed E-state index contributed by atoms with van der Waals surface area (Å²) in [6.07, 6.45) is 3.87. The molecule has 2 aromatic rings. The van der Waals surface area contributed by atoms with Crippen LogP contribution in [0.3, 0.4) is 0 Å². The second kappa shape index (κ2) is 7.98. The van der Waals surface area contributed by atoms with Crippen molar-refractivity contribution in [3.05, 3.63) is 64.1 Å². The first-order chi connectivity index (χ1) is 11.2. The fraction of sp³-hybridized carbons (Fsp3) is 0.400. The van der Waals surface area contributed by atoms with Crippen LogP contribution in [0.25, 0.3) is 0 Å². The molecule has 0 amide bonds. The molecule has 23 heavy (non-hydrogen) atoms. The number of quaternary nitrogens is 1. The zero-order valence-electron chi connectivity index (χ0n) is 13.7. The summed E-state index contributed by atoms with van der Waals surface area (Å²) >= 11 is 3.57. The Morgan fingerprint density at radius 1 is 1.09 bits per heavy atom. The topological polar surface area (TPSA) is 13.7 Å². The third kappa shape index (κ3) is 4.58. The molecule has 1 N–H and O–H groups in total. The van der Waals surface area contributed by atoms with Crippen molar-refractivity contribution in [1.82, 2.24) is 0 Å². The number of benzene rings is 2. The van der Waals surface area contributed by atoms with Gasteiger partial charge in [0.15, 0.2) is 0 Å². The highest BCUT2D eigenvalue weighted by Crippen LogP contribution is 2.23. The van der Waals surface area contributed by atoms with E-state index in [0.29, 0.717) is 0 Å². The molecule has 0 aliphatic carbocycles. The molecule has 0 aromatic heterocycles. The number of likely N-dealkylation sites (tertiary alicyclic amines) is 1. The minimum absolute atomic E-state index is 0.838. The van der Waals surface area contributed by atoms with E-state index in [0.717, 1.165) is 22.7 Å². The molecule has 1 saturated heterocycles. The number of nitrogens with one attached hydrogen (secondary N) is 1. The normalized spacial score (nSPS) is 21.1. The average Bonchev–Trinajstić information content (AvgIpc) is 2.58. The van der Waals surface area contributed by atoms with Gasteiger partial charge >= 0.3 is 0 Å². The van der Waals surface area contributed by atoms with E-state index in [-0.39, 0.29) is 0 Å². The van der Waals surface area contributed by atoms with Gasteiger partial charge in [-0.3, -0.25) is 0 Å². The van der Waals surface area contributed by atoms with Gasteiger partial charge in [0.25, 0.3) is 0 Å². The summed E-state index contributed by atoms with van der Waals surface area (Å²) in [5, 5.41) is 0. The minimum atomic E-state index is 0.838. The summed E-state index contributed by atoms with van der Waals surface area (Å²) in [5.41, 5.74) is 2.79. The number of piperidine rings is 1. The van der Waals surface area contributed by atoms with Gasteiger partial charge in [0.2, 0.25) is 0 Å². The predicted molar refractivity (Wildman–Crippen MR) is 98.0 cm³/mol. The Balaban J connectivity index is 1.54. The Labute approximate surface area is 147 Å². The average molecular weight is 375 g/mol. The van der Waals surface area contributed by atoms with Gasteiger partial charge in [-0.15, -0.1) is 0 Å². The number of ether oxygens (including phenoxy) is 1. The first-order valence-corrected chi connectivity index (χ1v) is 9.24. The maximum atomic E-state index is 5.51. The Hall–Kier alpha value is -1.32. The van der Waals surface area contributed by atoms with E-state index < -0.39 is 0 Å². The molecule has 2 aromatic carbocycles. The van der Waals surface area contributed by atoms with E-state index in [1.165, 1.54) is 43.5 Å². The standard InChI is InChI=1S/C20H24BrNO/c1-23-20-8-7-19(21)14-18(20)15-22-11-9-17(10-12-22)13-16-5-3-2-4-6-16/h2-8,14,17H,9-13,15H2,1H3/p+1. The van der Waals surface area contributed by atoms with Gasteiger partial charge in [-0.25, -0.2) is 0 Å². The molecule has 122 valence electrons. The minimum Gasteiger partial charge on any atom is -0.496 e. The molecule has 3 rings (SSSR count). The fourth-order valence-corrected chi connectivity index (χ4v) is 3.98. The number of hydrogen-bond donors (Lipinski definition) is 1. The van der Waals surface area contributed by atoms with E-state index in [1.807, 2.05) is 6.07 Å². The van der Waals surface area contributed by atoms with Crippen molar-refractivity contribution in [2.45, 2.75) is 25.8 Å². The van der Waals surface area contributed by atoms with Crippen LogP contribution in [0.1, 0.15) is 24.0 Å². The molecule has 2 nitrogen and oxygen atoms in total. The first-order valence-electron chi connectivity index (χ1n) is 8.44. The maximum Gasteiger partial charge on any atom is 0.127 e. The molecule has 1 heterocycles. The lowest BCUT2D eigenvalue weighted by molar-refractivity contribution is -0.919. The quantitative estimate of drug-likeness (QED) is 0.845. The smallest absolute Gasteiger partial charge is 0.127 e. The third-order valence-corrected chi connectivity index (χ3v) is 5.36. The zero-order chi connectivity index (χ0) is 16.1. The maximum absolute atomic E-state index is 5.51. The number of hydrogen-bond acceptors (Lipinski definition) is 1. The Kier molecular flexibility index (Phi) is 5.74. The molecule has 0 unspecified atom stereocenters. The molecule has 0 radical (unpaired) electrons. The molecular weight excluding hydrogens is 350 g/mol. The highest BCUT2D eigenvalue weighted by Gasteiger charge is 2.23. The summed E-state index contributed by atoms with van der Waals surface area (Å²) in [6, 6.07) is 17.2. The van der Waals surface area contributed by atoms with Gasteiger partial charge in [0, 0.05) is 10.0 Å². The van der Waals surface area contributed by atoms with E-state index in [9.17, 15) is 0 Å². The monoisotopic (exact) mass is 374 g/mol. The summed E-state index contributed by atoms with van der Waals surface area (Å²) in [4.78, 5) is 1.67. The molecule has 1 aliphatic heterocycles. The second-order valence-corrected chi connectivity index (χ2v) is 7.43. The SMILES string of the molecule is COc1ccc(Br)cc1C[NH+]1CCC(Cc2ccccc2)CC1. The Bertz CT molecular complexity index is 621. The predicted octanol–water partition coefficient (Wildman–Crippen LogP) is 3.50. The van der Waals surface area contributed by atoms with Gasteiger partial charge in [-0.05, 0) is 48.9 Å². The van der Waals surface area contributed by atoms with Crippen molar-refractivity contribution >= 4 is 15.9 Å². The summed E-state index contributed by atoms with van der Waals surface area (Å²) in [6.45, 7) is 3.57. The number of methoxy groups -OCH3 is 1. The zero-order valence-corrected chi connectivity index (χ0v) is 15.3. The summed E-state index contributed by atoms with van der Waals surface area (Å²) < 4.78 is 6.64. The number of halogens is 1. The van der Waals surface area contributed by atoms with E-state index in [1.54, 1.807) is 12.0 Å². The van der Waals surface area contributed by atoms with Crippen LogP contribution in [0.2, 0.25) is 0 Å². The van der Waals surface area contributed by atoms with Crippen LogP contribution in [0.5, 0.6) is 5.75 Å². The third-order valence-electron chi connectivity index (χ3n) is 4.86. The van der Waals surface area contributed by atoms with Crippen LogP contribution in [-0.4, -0.2) is 20.2 Å². The van der Waals surface area contributed by atoms with E-state index in [4.69, 9.17) is 4.74 Å². The van der Waals surface area contributed by atoms with Crippen LogP contribution in [0.15, 0.2) is 53.0 Å². The van der Waals surface area contributed by atoms with Crippen LogP contribution in [0, 0.1) is 5.92 Å². The molecule has 0 atom stereocenters. The van der Waals surface area contributed by atoms with Crippen molar-refractivity contribution in [3.8, 4) is 5.75 Å². The van der Waals surface area contributed by atoms with Crippen LogP contribution in [0.4, 0.5) is 0 Å². The molecule has 0 spiro atoms. The summed E-state index contributed by atoms with van der Waals surface area (Å²) in [5.74, 6) is 1.85. The van der Waals surface area contributed by atoms with Gasteiger partial charge in [-0.1, -0.05) is 46.3 Å². The Morgan fingerprint density at radius 2 is 1.83 bits per heavy atom. The van der Waals surface area contributed by atoms with Crippen molar-refractivity contribution in [2.24, 2.45) is 5.92 Å². The lowest BCUT2D eigenvalue weighted by Gasteiger charge is -2.29. The van der Waals surface area contributed by atoms with E-state index >= 15 is 0 Å². The molecule has 1 fully saturated rings. The first kappa shape index (κ1) is 16.5. The second-order valence-electron chi connectivity index (χ2n) is 6.52. The van der Waals surface area contributed by atoms with Gasteiger partial charge in [-0.2, -0.15) is 0 Å². The lowest BCUT2D eigenvalue weighted by atomic mass is 9.90. The van der Waals surface area contributed by atoms with Gasteiger partial charge in [0.05, 0.1) is 20.2 Å². The molecule has 0 bridgehead atoms. The van der Waals surface area contributed by atoms with Crippen LogP contribution < -0.4 is 9.64 Å². The van der Waals surface area contributed by atoms with E-state index in [2.05, 4.69) is 58.4 Å². The molecular formula is C20H25BrNO+. The van der Waals surface area contributed by atoms with Crippen molar-refractivity contribution in [1.29, 1.82) is 0 Å².